The van der Waals surface area contributed by atoms with Crippen LogP contribution in [0.4, 0.5) is 0 Å². The summed E-state index contributed by atoms with van der Waals surface area (Å²) >= 11 is 0. The van der Waals surface area contributed by atoms with E-state index >= 15 is 0 Å². The van der Waals surface area contributed by atoms with E-state index < -0.39 is 0 Å². The second-order valence-corrected chi connectivity index (χ2v) is 10.1. The van der Waals surface area contributed by atoms with Gasteiger partial charge in [0.1, 0.15) is 11.6 Å². The second kappa shape index (κ2) is 12.8. The summed E-state index contributed by atoms with van der Waals surface area (Å²) in [4.78, 5) is 17.2. The van der Waals surface area contributed by atoms with Crippen LogP contribution in [-0.2, 0) is 33.1 Å². The number of benzene rings is 2. The molecule has 2 aromatic carbocycles. The molecule has 0 saturated carbocycles. The van der Waals surface area contributed by atoms with Crippen LogP contribution in [0.1, 0.15) is 62.8 Å². The van der Waals surface area contributed by atoms with Crippen molar-refractivity contribution < 1.29 is 0 Å². The standard InChI is InChI=1S/C30H42N6/c1-5-16-36(17-6-2)24(3)7-8-25-9-11-28-20-26(10-12-27(28)19-25)21-35(22-29-31-13-14-32-29)23-30-33-15-18-34(30)4/h9-15,18-20,24H,5-8,16-17,21-23H2,1-4H3,(H,31,32). The summed E-state index contributed by atoms with van der Waals surface area (Å²) < 4.78 is 2.08. The van der Waals surface area contributed by atoms with Crippen molar-refractivity contribution >= 4 is 10.8 Å². The molecule has 36 heavy (non-hydrogen) atoms. The highest BCUT2D eigenvalue weighted by Crippen LogP contribution is 2.22. The molecule has 4 rings (SSSR count). The molecule has 1 atom stereocenters. The molecule has 6 nitrogen and oxygen atoms in total. The first kappa shape index (κ1) is 26.1. The third-order valence-corrected chi connectivity index (χ3v) is 7.09. The predicted octanol–water partition coefficient (Wildman–Crippen LogP) is 5.94. The zero-order valence-electron chi connectivity index (χ0n) is 22.5. The van der Waals surface area contributed by atoms with E-state index in [1.807, 2.05) is 31.8 Å². The summed E-state index contributed by atoms with van der Waals surface area (Å²) in [5.41, 5.74) is 2.74. The fourth-order valence-electron chi connectivity index (χ4n) is 5.05. The Hall–Kier alpha value is -2.96. The molecular weight excluding hydrogens is 444 g/mol. The van der Waals surface area contributed by atoms with Gasteiger partial charge in [0.25, 0.3) is 0 Å². The van der Waals surface area contributed by atoms with Gasteiger partial charge in [0, 0.05) is 44.4 Å². The molecule has 0 aliphatic heterocycles. The Morgan fingerprint density at radius 1 is 0.889 bits per heavy atom. The molecular formula is C30H42N6. The molecule has 0 radical (unpaired) electrons. The lowest BCUT2D eigenvalue weighted by atomic mass is 10.00. The number of rotatable bonds is 14. The SMILES string of the molecule is CCCN(CCC)C(C)CCc1ccc2cc(CN(Cc3ncc[nH]3)Cc3nccn3C)ccc2c1. The molecule has 0 fully saturated rings. The van der Waals surface area contributed by atoms with Crippen molar-refractivity contribution in [3.63, 3.8) is 0 Å². The molecule has 6 heteroatoms. The topological polar surface area (TPSA) is 53.0 Å². The van der Waals surface area contributed by atoms with Crippen molar-refractivity contribution in [2.24, 2.45) is 7.05 Å². The molecule has 192 valence electrons. The summed E-state index contributed by atoms with van der Waals surface area (Å²) in [5, 5.41) is 2.63. The molecule has 2 aromatic heterocycles. The van der Waals surface area contributed by atoms with Crippen molar-refractivity contribution in [1.29, 1.82) is 0 Å². The highest BCUT2D eigenvalue weighted by atomic mass is 15.2. The number of aromatic nitrogens is 4. The first-order valence-corrected chi connectivity index (χ1v) is 13.5. The average Bonchev–Trinajstić information content (AvgIpc) is 3.54. The van der Waals surface area contributed by atoms with Crippen molar-refractivity contribution in [1.82, 2.24) is 29.3 Å². The molecule has 0 aliphatic carbocycles. The van der Waals surface area contributed by atoms with Crippen LogP contribution in [-0.4, -0.2) is 48.5 Å². The Kier molecular flexibility index (Phi) is 9.31. The number of nitrogens with one attached hydrogen (secondary N) is 1. The molecule has 2 heterocycles. The summed E-state index contributed by atoms with van der Waals surface area (Å²) in [6.07, 6.45) is 12.3. The Morgan fingerprint density at radius 2 is 1.61 bits per heavy atom. The molecule has 4 aromatic rings. The average molecular weight is 487 g/mol. The highest BCUT2D eigenvalue weighted by Gasteiger charge is 2.14. The Labute approximate surface area is 216 Å². The van der Waals surface area contributed by atoms with Crippen molar-refractivity contribution in [3.8, 4) is 0 Å². The van der Waals surface area contributed by atoms with Crippen molar-refractivity contribution in [2.75, 3.05) is 13.1 Å². The number of fused-ring (bicyclic) bond motifs is 1. The number of aryl methyl sites for hydroxylation is 2. The zero-order valence-corrected chi connectivity index (χ0v) is 22.5. The van der Waals surface area contributed by atoms with E-state index in [2.05, 4.69) is 86.5 Å². The van der Waals surface area contributed by atoms with Crippen LogP contribution in [0.3, 0.4) is 0 Å². The minimum atomic E-state index is 0.627. The molecule has 0 bridgehead atoms. The minimum Gasteiger partial charge on any atom is -0.348 e. The van der Waals surface area contributed by atoms with E-state index in [-0.39, 0.29) is 0 Å². The van der Waals surface area contributed by atoms with Gasteiger partial charge in [0.05, 0.1) is 13.1 Å². The smallest absolute Gasteiger partial charge is 0.122 e. The quantitative estimate of drug-likeness (QED) is 0.240. The normalized spacial score (nSPS) is 12.7. The van der Waals surface area contributed by atoms with Gasteiger partial charge in [-0.15, -0.1) is 0 Å². The largest absolute Gasteiger partial charge is 0.348 e. The van der Waals surface area contributed by atoms with Crippen LogP contribution in [0.2, 0.25) is 0 Å². The third kappa shape index (κ3) is 7.05. The minimum absolute atomic E-state index is 0.627. The lowest BCUT2D eigenvalue weighted by Gasteiger charge is -2.28. The van der Waals surface area contributed by atoms with Gasteiger partial charge in [-0.2, -0.15) is 0 Å². The molecule has 0 spiro atoms. The zero-order chi connectivity index (χ0) is 25.3. The summed E-state index contributed by atoms with van der Waals surface area (Å²) in [7, 11) is 2.05. The van der Waals surface area contributed by atoms with Crippen molar-refractivity contribution in [3.05, 3.63) is 84.0 Å². The molecule has 0 amide bonds. The molecule has 0 aliphatic rings. The highest BCUT2D eigenvalue weighted by molar-refractivity contribution is 5.83. The van der Waals surface area contributed by atoms with Gasteiger partial charge in [-0.05, 0) is 73.7 Å². The molecule has 1 N–H and O–H groups in total. The monoisotopic (exact) mass is 486 g/mol. The van der Waals surface area contributed by atoms with Crippen molar-refractivity contribution in [2.45, 2.75) is 72.1 Å². The summed E-state index contributed by atoms with van der Waals surface area (Å²) in [5.74, 6) is 2.03. The van der Waals surface area contributed by atoms with E-state index in [0.717, 1.165) is 37.7 Å². The Morgan fingerprint density at radius 3 is 2.25 bits per heavy atom. The van der Waals surface area contributed by atoms with E-state index in [0.29, 0.717) is 6.04 Å². The lowest BCUT2D eigenvalue weighted by molar-refractivity contribution is 0.200. The second-order valence-electron chi connectivity index (χ2n) is 10.1. The maximum atomic E-state index is 4.53. The van der Waals surface area contributed by atoms with Gasteiger partial charge in [-0.1, -0.05) is 44.2 Å². The summed E-state index contributed by atoms with van der Waals surface area (Å²) in [6, 6.07) is 14.5. The third-order valence-electron chi connectivity index (χ3n) is 7.09. The van der Waals surface area contributed by atoms with Crippen LogP contribution in [0.25, 0.3) is 10.8 Å². The van der Waals surface area contributed by atoms with Gasteiger partial charge in [0.15, 0.2) is 0 Å². The first-order chi connectivity index (χ1) is 17.6. The number of aromatic amines is 1. The number of nitrogens with zero attached hydrogens (tertiary/aromatic N) is 5. The number of hydrogen-bond acceptors (Lipinski definition) is 4. The maximum Gasteiger partial charge on any atom is 0.122 e. The van der Waals surface area contributed by atoms with E-state index in [9.17, 15) is 0 Å². The number of hydrogen-bond donors (Lipinski definition) is 1. The van der Waals surface area contributed by atoms with Gasteiger partial charge in [0.2, 0.25) is 0 Å². The van der Waals surface area contributed by atoms with Gasteiger partial charge < -0.3 is 14.5 Å². The molecule has 0 saturated heterocycles. The summed E-state index contributed by atoms with van der Waals surface area (Å²) in [6.45, 7) is 11.7. The van der Waals surface area contributed by atoms with Gasteiger partial charge in [-0.25, -0.2) is 9.97 Å². The Balaban J connectivity index is 1.43. The number of H-pyrrole nitrogens is 1. The van der Waals surface area contributed by atoms with Crippen LogP contribution in [0, 0.1) is 0 Å². The van der Waals surface area contributed by atoms with Crippen LogP contribution >= 0.6 is 0 Å². The lowest BCUT2D eigenvalue weighted by Crippen LogP contribution is -2.34. The van der Waals surface area contributed by atoms with E-state index in [1.54, 1.807) is 0 Å². The fourth-order valence-corrected chi connectivity index (χ4v) is 5.05. The van der Waals surface area contributed by atoms with Crippen LogP contribution in [0.5, 0.6) is 0 Å². The Bertz CT molecular complexity index is 1190. The van der Waals surface area contributed by atoms with E-state index in [1.165, 1.54) is 54.3 Å². The predicted molar refractivity (Wildman–Crippen MR) is 149 cm³/mol. The van der Waals surface area contributed by atoms with E-state index in [4.69, 9.17) is 0 Å². The number of imidazole rings is 2. The van der Waals surface area contributed by atoms with Gasteiger partial charge in [-0.3, -0.25) is 4.90 Å². The van der Waals surface area contributed by atoms with Crippen LogP contribution in [0.15, 0.2) is 61.2 Å². The van der Waals surface area contributed by atoms with Crippen LogP contribution < -0.4 is 0 Å². The first-order valence-electron chi connectivity index (χ1n) is 13.5. The maximum absolute atomic E-state index is 4.53. The fraction of sp³-hybridized carbons (Fsp3) is 0.467. The van der Waals surface area contributed by atoms with Gasteiger partial charge >= 0.3 is 0 Å². The molecule has 1 unspecified atom stereocenters.